The van der Waals surface area contributed by atoms with Gasteiger partial charge < -0.3 is 20.1 Å². The van der Waals surface area contributed by atoms with Crippen LogP contribution >= 0.6 is 11.6 Å². The summed E-state index contributed by atoms with van der Waals surface area (Å²) in [5.41, 5.74) is 2.08. The number of methoxy groups -OCH3 is 1. The second kappa shape index (κ2) is 8.38. The number of anilines is 1. The van der Waals surface area contributed by atoms with E-state index in [1.165, 1.54) is 0 Å². The van der Waals surface area contributed by atoms with Crippen LogP contribution in [0.15, 0.2) is 18.2 Å². The third-order valence-corrected chi connectivity index (χ3v) is 3.25. The number of ether oxygens (including phenoxy) is 1. The van der Waals surface area contributed by atoms with E-state index in [2.05, 4.69) is 12.2 Å². The molecular formula is C14H23ClN2O2. The van der Waals surface area contributed by atoms with E-state index in [0.29, 0.717) is 13.2 Å². The fraction of sp³-hybridized carbons (Fsp3) is 0.571. The Morgan fingerprint density at radius 1 is 1.47 bits per heavy atom. The van der Waals surface area contributed by atoms with Crippen LogP contribution in [0.3, 0.4) is 0 Å². The van der Waals surface area contributed by atoms with Crippen molar-refractivity contribution in [2.45, 2.75) is 19.6 Å². The van der Waals surface area contributed by atoms with Gasteiger partial charge in [-0.15, -0.1) is 0 Å². The van der Waals surface area contributed by atoms with Crippen molar-refractivity contribution in [1.29, 1.82) is 0 Å². The number of halogens is 1. The third kappa shape index (κ3) is 4.99. The monoisotopic (exact) mass is 286 g/mol. The Hall–Kier alpha value is -0.810. The molecule has 1 aromatic rings. The molecule has 0 bridgehead atoms. The molecule has 0 fully saturated rings. The maximum absolute atomic E-state index is 9.80. The van der Waals surface area contributed by atoms with Crippen molar-refractivity contribution in [1.82, 2.24) is 5.32 Å². The van der Waals surface area contributed by atoms with E-state index >= 15 is 0 Å². The van der Waals surface area contributed by atoms with Gasteiger partial charge in [-0.25, -0.2) is 0 Å². The predicted octanol–water partition coefficient (Wildman–Crippen LogP) is 1.89. The lowest BCUT2D eigenvalue weighted by Gasteiger charge is -2.25. The normalized spacial score (nSPS) is 12.5. The third-order valence-electron chi connectivity index (χ3n) is 2.90. The molecule has 19 heavy (non-hydrogen) atoms. The molecule has 4 nitrogen and oxygen atoms in total. The van der Waals surface area contributed by atoms with Crippen LogP contribution in [0.2, 0.25) is 5.02 Å². The van der Waals surface area contributed by atoms with E-state index in [9.17, 15) is 5.11 Å². The van der Waals surface area contributed by atoms with Gasteiger partial charge in [0, 0.05) is 43.5 Å². The Bertz CT molecular complexity index is 388. The number of hydrogen-bond donors (Lipinski definition) is 2. The molecule has 0 aliphatic carbocycles. The summed E-state index contributed by atoms with van der Waals surface area (Å²) in [5.74, 6) is 0. The molecule has 0 saturated carbocycles. The number of rotatable bonds is 8. The Morgan fingerprint density at radius 2 is 2.21 bits per heavy atom. The topological polar surface area (TPSA) is 44.7 Å². The summed E-state index contributed by atoms with van der Waals surface area (Å²) < 4.78 is 4.94. The van der Waals surface area contributed by atoms with Gasteiger partial charge in [-0.05, 0) is 18.7 Å². The summed E-state index contributed by atoms with van der Waals surface area (Å²) in [7, 11) is 3.53. The van der Waals surface area contributed by atoms with E-state index < -0.39 is 6.10 Å². The number of aliphatic hydroxyl groups excluding tert-OH is 1. The molecule has 0 aromatic heterocycles. The molecule has 1 aromatic carbocycles. The van der Waals surface area contributed by atoms with Gasteiger partial charge in [0.05, 0.1) is 12.7 Å². The maximum atomic E-state index is 9.80. The molecule has 1 unspecified atom stereocenters. The van der Waals surface area contributed by atoms with Crippen LogP contribution < -0.4 is 10.2 Å². The van der Waals surface area contributed by atoms with Crippen molar-refractivity contribution in [3.05, 3.63) is 28.8 Å². The molecule has 1 rings (SSSR count). The lowest BCUT2D eigenvalue weighted by molar-refractivity contribution is 0.0695. The Labute approximate surface area is 120 Å². The fourth-order valence-electron chi connectivity index (χ4n) is 1.99. The second-order valence-corrected chi connectivity index (χ2v) is 4.91. The summed E-state index contributed by atoms with van der Waals surface area (Å²) in [6.45, 7) is 4.50. The molecule has 0 aliphatic rings. The lowest BCUT2D eigenvalue weighted by Crippen LogP contribution is -2.32. The highest BCUT2D eigenvalue weighted by Gasteiger charge is 2.13. The Kier molecular flexibility index (Phi) is 7.16. The zero-order valence-electron chi connectivity index (χ0n) is 11.8. The zero-order chi connectivity index (χ0) is 14.3. The van der Waals surface area contributed by atoms with Crippen LogP contribution in [-0.4, -0.2) is 45.1 Å². The van der Waals surface area contributed by atoms with Crippen LogP contribution in [0, 0.1) is 0 Å². The molecule has 0 amide bonds. The van der Waals surface area contributed by atoms with Crippen LogP contribution in [0.5, 0.6) is 0 Å². The zero-order valence-corrected chi connectivity index (χ0v) is 12.6. The number of nitrogens with one attached hydrogen (secondary N) is 1. The molecular weight excluding hydrogens is 264 g/mol. The molecule has 0 heterocycles. The van der Waals surface area contributed by atoms with Gasteiger partial charge in [-0.1, -0.05) is 24.6 Å². The van der Waals surface area contributed by atoms with Crippen molar-refractivity contribution >= 4 is 17.3 Å². The largest absolute Gasteiger partial charge is 0.389 e. The number of aliphatic hydroxyl groups is 1. The van der Waals surface area contributed by atoms with Crippen molar-refractivity contribution in [2.75, 3.05) is 38.8 Å². The minimum atomic E-state index is -0.513. The number of benzene rings is 1. The van der Waals surface area contributed by atoms with Crippen molar-refractivity contribution in [3.8, 4) is 0 Å². The van der Waals surface area contributed by atoms with Crippen molar-refractivity contribution < 1.29 is 9.84 Å². The minimum absolute atomic E-state index is 0.327. The summed E-state index contributed by atoms with van der Waals surface area (Å²) in [5, 5.41) is 13.8. The van der Waals surface area contributed by atoms with Crippen LogP contribution in [0.4, 0.5) is 5.69 Å². The predicted molar refractivity (Wildman–Crippen MR) is 80.0 cm³/mol. The lowest BCUT2D eigenvalue weighted by atomic mass is 10.1. The first-order valence-corrected chi connectivity index (χ1v) is 6.84. The molecule has 1 atom stereocenters. The van der Waals surface area contributed by atoms with E-state index in [1.807, 2.05) is 30.1 Å². The van der Waals surface area contributed by atoms with Crippen molar-refractivity contribution in [3.63, 3.8) is 0 Å². The second-order valence-electron chi connectivity index (χ2n) is 4.51. The van der Waals surface area contributed by atoms with Gasteiger partial charge in [0.15, 0.2) is 0 Å². The molecule has 0 radical (unpaired) electrons. The molecule has 0 spiro atoms. The standard InChI is InChI=1S/C14H23ClN2O2/c1-4-16-8-12-13(15)6-5-7-14(12)17(2)9-11(18)10-19-3/h5-7,11,16,18H,4,8-10H2,1-3H3. The van der Waals surface area contributed by atoms with Crippen LogP contribution in [0.1, 0.15) is 12.5 Å². The van der Waals surface area contributed by atoms with Gasteiger partial charge in [0.25, 0.3) is 0 Å². The van der Waals surface area contributed by atoms with Gasteiger partial charge in [-0.2, -0.15) is 0 Å². The molecule has 0 saturated heterocycles. The molecule has 2 N–H and O–H groups in total. The van der Waals surface area contributed by atoms with Gasteiger partial charge in [0.1, 0.15) is 0 Å². The Morgan fingerprint density at radius 3 is 2.84 bits per heavy atom. The quantitative estimate of drug-likeness (QED) is 0.766. The smallest absolute Gasteiger partial charge is 0.0947 e. The van der Waals surface area contributed by atoms with Crippen molar-refractivity contribution in [2.24, 2.45) is 0 Å². The average molecular weight is 287 g/mol. The van der Waals surface area contributed by atoms with Gasteiger partial charge in [-0.3, -0.25) is 0 Å². The van der Waals surface area contributed by atoms with Crippen LogP contribution in [-0.2, 0) is 11.3 Å². The van der Waals surface area contributed by atoms with Crippen LogP contribution in [0.25, 0.3) is 0 Å². The summed E-state index contributed by atoms with van der Waals surface area (Å²) in [6, 6.07) is 5.82. The van der Waals surface area contributed by atoms with E-state index in [-0.39, 0.29) is 0 Å². The first-order chi connectivity index (χ1) is 9.10. The number of hydrogen-bond acceptors (Lipinski definition) is 4. The molecule has 108 valence electrons. The van der Waals surface area contributed by atoms with E-state index in [0.717, 1.165) is 29.4 Å². The van der Waals surface area contributed by atoms with Gasteiger partial charge >= 0.3 is 0 Å². The van der Waals surface area contributed by atoms with Gasteiger partial charge in [0.2, 0.25) is 0 Å². The first kappa shape index (κ1) is 16.2. The number of nitrogens with zero attached hydrogens (tertiary/aromatic N) is 1. The maximum Gasteiger partial charge on any atom is 0.0947 e. The highest BCUT2D eigenvalue weighted by molar-refractivity contribution is 6.31. The van der Waals surface area contributed by atoms with E-state index in [1.54, 1.807) is 7.11 Å². The van der Waals surface area contributed by atoms with E-state index in [4.69, 9.17) is 16.3 Å². The summed E-state index contributed by atoms with van der Waals surface area (Å²) >= 11 is 6.25. The minimum Gasteiger partial charge on any atom is -0.389 e. The highest BCUT2D eigenvalue weighted by atomic mass is 35.5. The Balaban J connectivity index is 2.82. The molecule has 5 heteroatoms. The number of likely N-dealkylation sites (N-methyl/N-ethyl adjacent to an activating group) is 1. The average Bonchev–Trinajstić information content (AvgIpc) is 2.37. The summed E-state index contributed by atoms with van der Waals surface area (Å²) in [6.07, 6.45) is -0.513. The fourth-order valence-corrected chi connectivity index (χ4v) is 2.23. The SMILES string of the molecule is CCNCc1c(Cl)cccc1N(C)CC(O)COC. The highest BCUT2D eigenvalue weighted by Crippen LogP contribution is 2.27. The summed E-state index contributed by atoms with van der Waals surface area (Å²) in [4.78, 5) is 2.00. The molecule has 0 aliphatic heterocycles. The first-order valence-electron chi connectivity index (χ1n) is 6.46.